The quantitative estimate of drug-likeness (QED) is 0.784. The summed E-state index contributed by atoms with van der Waals surface area (Å²) in [5.74, 6) is -0.362. The van der Waals surface area contributed by atoms with Gasteiger partial charge in [0.25, 0.3) is 5.91 Å². The number of benzene rings is 2. The molecule has 1 amide bonds. The third-order valence-electron chi connectivity index (χ3n) is 5.18. The first-order valence-corrected chi connectivity index (χ1v) is 11.0. The first-order chi connectivity index (χ1) is 14.0. The maximum absolute atomic E-state index is 12.7. The molecule has 0 aliphatic carbocycles. The normalized spacial score (nSPS) is 16.0. The van der Waals surface area contributed by atoms with E-state index >= 15 is 0 Å². The lowest BCUT2D eigenvalue weighted by atomic mass is 10.0. The number of carbonyl (C=O) groups excluding carboxylic acids is 1. The van der Waals surface area contributed by atoms with Crippen LogP contribution in [0.3, 0.4) is 0 Å². The van der Waals surface area contributed by atoms with E-state index in [1.165, 1.54) is 17.0 Å². The Morgan fingerprint density at radius 2 is 1.63 bits per heavy atom. The summed E-state index contributed by atoms with van der Waals surface area (Å²) in [6, 6.07) is 8.92. The van der Waals surface area contributed by atoms with Crippen molar-refractivity contribution in [3.63, 3.8) is 0 Å². The van der Waals surface area contributed by atoms with E-state index in [1.54, 1.807) is 25.1 Å². The first kappa shape index (κ1) is 22.3. The standard InChI is InChI=1S/C21H23F3N2O3S/c1-14-3-8-19(15(2)13-14)30(28,29)25-18-9-11-26(12-10-18)20(27)16-4-6-17(7-5-16)21(22,23)24/h3-8,13,18,25H,9-12H2,1-2H3. The monoisotopic (exact) mass is 440 g/mol. The molecule has 30 heavy (non-hydrogen) atoms. The number of hydrogen-bond acceptors (Lipinski definition) is 3. The lowest BCUT2D eigenvalue weighted by Gasteiger charge is -2.32. The summed E-state index contributed by atoms with van der Waals surface area (Å²) in [5, 5.41) is 0. The second-order valence-corrected chi connectivity index (χ2v) is 9.21. The Labute approximate surface area is 173 Å². The molecule has 3 rings (SSSR count). The van der Waals surface area contributed by atoms with Crippen LogP contribution in [0.5, 0.6) is 0 Å². The zero-order chi connectivity index (χ0) is 22.1. The van der Waals surface area contributed by atoms with E-state index in [-0.39, 0.29) is 22.4 Å². The van der Waals surface area contributed by atoms with Gasteiger partial charge >= 0.3 is 6.18 Å². The second-order valence-electron chi connectivity index (χ2n) is 7.53. The van der Waals surface area contributed by atoms with Crippen molar-refractivity contribution in [1.29, 1.82) is 0 Å². The fraction of sp³-hybridized carbons (Fsp3) is 0.381. The van der Waals surface area contributed by atoms with Gasteiger partial charge in [0.2, 0.25) is 10.0 Å². The number of carbonyl (C=O) groups is 1. The van der Waals surface area contributed by atoms with Gasteiger partial charge in [0.15, 0.2) is 0 Å². The van der Waals surface area contributed by atoms with Crippen LogP contribution < -0.4 is 4.72 Å². The molecular weight excluding hydrogens is 417 g/mol. The number of rotatable bonds is 4. The number of piperidine rings is 1. The molecule has 0 aromatic heterocycles. The van der Waals surface area contributed by atoms with Crippen LogP contribution in [0, 0.1) is 13.8 Å². The number of likely N-dealkylation sites (tertiary alicyclic amines) is 1. The summed E-state index contributed by atoms with van der Waals surface area (Å²) in [7, 11) is -3.68. The van der Waals surface area contributed by atoms with Crippen molar-refractivity contribution < 1.29 is 26.4 Å². The molecule has 1 N–H and O–H groups in total. The zero-order valence-electron chi connectivity index (χ0n) is 16.7. The number of nitrogens with one attached hydrogen (secondary N) is 1. The average molecular weight is 440 g/mol. The SMILES string of the molecule is Cc1ccc(S(=O)(=O)NC2CCN(C(=O)c3ccc(C(F)(F)F)cc3)CC2)c(C)c1. The van der Waals surface area contributed by atoms with Crippen LogP contribution >= 0.6 is 0 Å². The largest absolute Gasteiger partial charge is 0.416 e. The topological polar surface area (TPSA) is 66.5 Å². The van der Waals surface area contributed by atoms with Crippen LogP contribution in [0.1, 0.15) is 39.9 Å². The maximum atomic E-state index is 12.7. The lowest BCUT2D eigenvalue weighted by Crippen LogP contribution is -2.46. The summed E-state index contributed by atoms with van der Waals surface area (Å²) in [5.41, 5.74) is 1.01. The summed E-state index contributed by atoms with van der Waals surface area (Å²) in [6.07, 6.45) is -3.60. The molecule has 0 unspecified atom stereocenters. The van der Waals surface area contributed by atoms with Crippen LogP contribution in [0.15, 0.2) is 47.4 Å². The molecular formula is C21H23F3N2O3S. The lowest BCUT2D eigenvalue weighted by molar-refractivity contribution is -0.137. The highest BCUT2D eigenvalue weighted by molar-refractivity contribution is 7.89. The van der Waals surface area contributed by atoms with E-state index in [0.29, 0.717) is 31.5 Å². The molecule has 1 heterocycles. The number of amides is 1. The summed E-state index contributed by atoms with van der Waals surface area (Å²) >= 11 is 0. The molecule has 5 nitrogen and oxygen atoms in total. The Balaban J connectivity index is 1.61. The highest BCUT2D eigenvalue weighted by Crippen LogP contribution is 2.29. The van der Waals surface area contributed by atoms with Crippen molar-refractivity contribution in [3.8, 4) is 0 Å². The van der Waals surface area contributed by atoms with E-state index in [4.69, 9.17) is 0 Å². The number of sulfonamides is 1. The minimum absolute atomic E-state index is 0.178. The minimum Gasteiger partial charge on any atom is -0.339 e. The van der Waals surface area contributed by atoms with Crippen molar-refractivity contribution >= 4 is 15.9 Å². The molecule has 2 aromatic carbocycles. The Hall–Kier alpha value is -2.39. The van der Waals surface area contributed by atoms with Crippen molar-refractivity contribution in [2.75, 3.05) is 13.1 Å². The van der Waals surface area contributed by atoms with Gasteiger partial charge in [-0.05, 0) is 62.6 Å². The third-order valence-corrected chi connectivity index (χ3v) is 6.86. The molecule has 0 bridgehead atoms. The molecule has 0 radical (unpaired) electrons. The predicted molar refractivity (Wildman–Crippen MR) is 107 cm³/mol. The average Bonchev–Trinajstić information content (AvgIpc) is 2.67. The van der Waals surface area contributed by atoms with Crippen LogP contribution in [-0.4, -0.2) is 38.4 Å². The summed E-state index contributed by atoms with van der Waals surface area (Å²) < 4.78 is 66.1. The molecule has 0 atom stereocenters. The summed E-state index contributed by atoms with van der Waals surface area (Å²) in [4.78, 5) is 14.3. The van der Waals surface area contributed by atoms with Crippen molar-refractivity contribution in [1.82, 2.24) is 9.62 Å². The Kier molecular flexibility index (Phi) is 6.24. The van der Waals surface area contributed by atoms with Gasteiger partial charge in [-0.2, -0.15) is 13.2 Å². The van der Waals surface area contributed by atoms with E-state index in [9.17, 15) is 26.4 Å². The number of hydrogen-bond donors (Lipinski definition) is 1. The minimum atomic E-state index is -4.45. The molecule has 2 aromatic rings. The fourth-order valence-electron chi connectivity index (χ4n) is 3.57. The van der Waals surface area contributed by atoms with Gasteiger partial charge in [0.1, 0.15) is 0 Å². The van der Waals surface area contributed by atoms with Crippen LogP contribution in [0.4, 0.5) is 13.2 Å². The molecule has 1 aliphatic heterocycles. The van der Waals surface area contributed by atoms with Gasteiger partial charge < -0.3 is 4.90 Å². The smallest absolute Gasteiger partial charge is 0.339 e. The van der Waals surface area contributed by atoms with Gasteiger partial charge in [-0.1, -0.05) is 17.7 Å². The Morgan fingerprint density at radius 3 is 2.17 bits per heavy atom. The van der Waals surface area contributed by atoms with E-state index in [2.05, 4.69) is 4.72 Å². The molecule has 0 saturated carbocycles. The molecule has 9 heteroatoms. The van der Waals surface area contributed by atoms with E-state index in [1.807, 2.05) is 6.92 Å². The molecule has 1 saturated heterocycles. The van der Waals surface area contributed by atoms with Crippen molar-refractivity contribution in [3.05, 3.63) is 64.7 Å². The van der Waals surface area contributed by atoms with Gasteiger partial charge in [0.05, 0.1) is 10.5 Å². The van der Waals surface area contributed by atoms with E-state index in [0.717, 1.165) is 17.7 Å². The molecule has 162 valence electrons. The van der Waals surface area contributed by atoms with Crippen molar-refractivity contribution in [2.45, 2.75) is 43.8 Å². The predicted octanol–water partition coefficient (Wildman–Crippen LogP) is 3.91. The molecule has 0 spiro atoms. The fourth-order valence-corrected chi connectivity index (χ4v) is 5.10. The third kappa shape index (κ3) is 5.02. The Morgan fingerprint density at radius 1 is 1.03 bits per heavy atom. The van der Waals surface area contributed by atoms with Gasteiger partial charge in [0, 0.05) is 24.7 Å². The second kappa shape index (κ2) is 8.39. The Bertz CT molecular complexity index is 1030. The molecule has 1 fully saturated rings. The number of halogens is 3. The van der Waals surface area contributed by atoms with Crippen LogP contribution in [0.25, 0.3) is 0 Å². The highest BCUT2D eigenvalue weighted by atomic mass is 32.2. The van der Waals surface area contributed by atoms with Gasteiger partial charge in [-0.15, -0.1) is 0 Å². The first-order valence-electron chi connectivity index (χ1n) is 9.53. The number of nitrogens with zero attached hydrogens (tertiary/aromatic N) is 1. The van der Waals surface area contributed by atoms with Crippen LogP contribution in [0.2, 0.25) is 0 Å². The maximum Gasteiger partial charge on any atom is 0.416 e. The number of alkyl halides is 3. The van der Waals surface area contributed by atoms with Crippen LogP contribution in [-0.2, 0) is 16.2 Å². The summed E-state index contributed by atoms with van der Waals surface area (Å²) in [6.45, 7) is 4.27. The van der Waals surface area contributed by atoms with Gasteiger partial charge in [-0.3, -0.25) is 4.79 Å². The zero-order valence-corrected chi connectivity index (χ0v) is 17.5. The highest BCUT2D eigenvalue weighted by Gasteiger charge is 2.31. The molecule has 1 aliphatic rings. The van der Waals surface area contributed by atoms with E-state index < -0.39 is 21.8 Å². The number of aryl methyl sites for hydroxylation is 2. The van der Waals surface area contributed by atoms with Gasteiger partial charge in [-0.25, -0.2) is 13.1 Å². The van der Waals surface area contributed by atoms with Crippen molar-refractivity contribution in [2.24, 2.45) is 0 Å².